The van der Waals surface area contributed by atoms with Gasteiger partial charge in [0.15, 0.2) is 0 Å². The zero-order valence-electron chi connectivity index (χ0n) is 17.5. The summed E-state index contributed by atoms with van der Waals surface area (Å²) >= 11 is 6.37. The third-order valence-corrected chi connectivity index (χ3v) is 5.97. The van der Waals surface area contributed by atoms with Crippen LogP contribution in [0.3, 0.4) is 0 Å². The van der Waals surface area contributed by atoms with Gasteiger partial charge in [-0.2, -0.15) is 0 Å². The second-order valence-corrected chi connectivity index (χ2v) is 8.27. The van der Waals surface area contributed by atoms with Gasteiger partial charge in [0, 0.05) is 22.8 Å². The number of aliphatic hydroxyl groups is 5. The van der Waals surface area contributed by atoms with E-state index in [0.717, 1.165) is 5.56 Å². The Hall–Kier alpha value is -2.56. The second-order valence-electron chi connectivity index (χ2n) is 7.86. The van der Waals surface area contributed by atoms with Crippen LogP contribution in [0.4, 0.5) is 0 Å². The van der Waals surface area contributed by atoms with E-state index in [1.165, 1.54) is 6.07 Å². The topological polar surface area (TPSA) is 132 Å². The highest BCUT2D eigenvalue weighted by atomic mass is 35.5. The number of hydrogen-bond acceptors (Lipinski definition) is 8. The van der Waals surface area contributed by atoms with Gasteiger partial charge in [-0.15, -0.1) is 0 Å². The Morgan fingerprint density at radius 3 is 2.42 bits per heavy atom. The molecule has 0 bridgehead atoms. The second kappa shape index (κ2) is 9.74. The highest BCUT2D eigenvalue weighted by molar-refractivity contribution is 6.31. The molecule has 1 aliphatic rings. The van der Waals surface area contributed by atoms with Gasteiger partial charge in [0.05, 0.1) is 6.61 Å². The van der Waals surface area contributed by atoms with Crippen LogP contribution in [0.2, 0.25) is 5.02 Å². The smallest absolute Gasteiger partial charge is 0.222 e. The average molecular weight is 474 g/mol. The van der Waals surface area contributed by atoms with Gasteiger partial charge in [0.25, 0.3) is 0 Å². The Morgan fingerprint density at radius 2 is 1.76 bits per heavy atom. The number of rotatable bonds is 6. The quantitative estimate of drug-likeness (QED) is 0.365. The van der Waals surface area contributed by atoms with E-state index in [9.17, 15) is 25.5 Å². The third kappa shape index (κ3) is 4.87. The Labute approximate surface area is 195 Å². The van der Waals surface area contributed by atoms with Crippen molar-refractivity contribution in [3.8, 4) is 11.6 Å². The summed E-state index contributed by atoms with van der Waals surface area (Å²) in [6.45, 7) is -0.652. The van der Waals surface area contributed by atoms with Gasteiger partial charge < -0.3 is 35.0 Å². The largest absolute Gasteiger partial charge is 0.439 e. The number of benzene rings is 2. The molecule has 0 radical (unpaired) electrons. The van der Waals surface area contributed by atoms with Crippen LogP contribution in [0.1, 0.15) is 16.7 Å². The van der Waals surface area contributed by atoms with Crippen LogP contribution in [0.15, 0.2) is 66.9 Å². The maximum Gasteiger partial charge on any atom is 0.222 e. The number of aliphatic hydroxyl groups excluding tert-OH is 4. The minimum Gasteiger partial charge on any atom is -0.439 e. The first kappa shape index (κ1) is 23.6. The summed E-state index contributed by atoms with van der Waals surface area (Å²) in [5, 5.41) is 51.4. The van der Waals surface area contributed by atoms with Crippen LogP contribution in [0, 0.1) is 0 Å². The maximum absolute atomic E-state index is 11.0. The summed E-state index contributed by atoms with van der Waals surface area (Å²) in [6, 6.07) is 17.3. The van der Waals surface area contributed by atoms with Crippen molar-refractivity contribution in [2.45, 2.75) is 36.6 Å². The van der Waals surface area contributed by atoms with Crippen molar-refractivity contribution in [1.29, 1.82) is 0 Å². The third-order valence-electron chi connectivity index (χ3n) is 5.60. The van der Waals surface area contributed by atoms with Crippen LogP contribution in [-0.2, 0) is 16.9 Å². The molecule has 1 fully saturated rings. The SMILES string of the molecule is OC[C@H]1O[C@@](O)(c2ccc(Cl)c(Cc3ccc(Oc4ccccn4)cc3)c2)[C@H](O)[C@@H](O)[C@@H]1O. The molecular formula is C24H24ClNO7. The molecule has 1 aliphatic heterocycles. The standard InChI is InChI=1S/C24H24ClNO7/c25-18-9-6-16(24(31)23(30)22(29)21(28)19(13-27)33-24)12-15(18)11-14-4-7-17(8-5-14)32-20-3-1-2-10-26-20/h1-10,12,19,21-23,27-31H,11,13H2/t19-,21-,22+,23-,24+/m1/s1. The molecule has 2 heterocycles. The number of pyridine rings is 1. The molecule has 33 heavy (non-hydrogen) atoms. The van der Waals surface area contributed by atoms with E-state index in [4.69, 9.17) is 21.1 Å². The van der Waals surface area contributed by atoms with E-state index in [0.29, 0.717) is 28.6 Å². The lowest BCUT2D eigenvalue weighted by atomic mass is 9.87. The summed E-state index contributed by atoms with van der Waals surface area (Å²) in [4.78, 5) is 4.12. The van der Waals surface area contributed by atoms with Gasteiger partial charge in [-0.05, 0) is 47.9 Å². The van der Waals surface area contributed by atoms with Crippen molar-refractivity contribution >= 4 is 11.6 Å². The Morgan fingerprint density at radius 1 is 1.00 bits per heavy atom. The lowest BCUT2D eigenvalue weighted by molar-refractivity contribution is -0.357. The van der Waals surface area contributed by atoms with E-state index >= 15 is 0 Å². The minimum absolute atomic E-state index is 0.133. The number of nitrogens with zero attached hydrogens (tertiary/aromatic N) is 1. The van der Waals surface area contributed by atoms with Crippen molar-refractivity contribution in [2.24, 2.45) is 0 Å². The molecule has 1 aromatic heterocycles. The average Bonchev–Trinajstić information content (AvgIpc) is 2.83. The molecule has 8 nitrogen and oxygen atoms in total. The fourth-order valence-corrected chi connectivity index (χ4v) is 3.93. The molecular weight excluding hydrogens is 450 g/mol. The van der Waals surface area contributed by atoms with Gasteiger partial charge in [-0.3, -0.25) is 0 Å². The van der Waals surface area contributed by atoms with E-state index in [1.54, 1.807) is 42.6 Å². The number of ether oxygens (including phenoxy) is 2. The molecule has 4 rings (SSSR count). The van der Waals surface area contributed by atoms with E-state index in [1.807, 2.05) is 18.2 Å². The molecule has 174 valence electrons. The summed E-state index contributed by atoms with van der Waals surface area (Å²) in [7, 11) is 0. The Kier molecular flexibility index (Phi) is 6.96. The summed E-state index contributed by atoms with van der Waals surface area (Å²) in [6.07, 6.45) is -4.35. The first-order chi connectivity index (χ1) is 15.8. The molecule has 2 aromatic carbocycles. The van der Waals surface area contributed by atoms with Crippen LogP contribution in [0.25, 0.3) is 0 Å². The van der Waals surface area contributed by atoms with Gasteiger partial charge in [-0.25, -0.2) is 4.98 Å². The fraction of sp³-hybridized carbons (Fsp3) is 0.292. The Bertz CT molecular complexity index is 1080. The van der Waals surface area contributed by atoms with Gasteiger partial charge >= 0.3 is 0 Å². The van der Waals surface area contributed by atoms with Crippen molar-refractivity contribution in [2.75, 3.05) is 6.61 Å². The molecule has 1 saturated heterocycles. The zero-order chi connectivity index (χ0) is 23.6. The van der Waals surface area contributed by atoms with E-state index in [-0.39, 0.29) is 5.56 Å². The zero-order valence-corrected chi connectivity index (χ0v) is 18.2. The highest BCUT2D eigenvalue weighted by Crippen LogP contribution is 2.38. The first-order valence-corrected chi connectivity index (χ1v) is 10.7. The molecule has 9 heteroatoms. The molecule has 0 unspecified atom stereocenters. The van der Waals surface area contributed by atoms with Crippen molar-refractivity contribution in [3.63, 3.8) is 0 Å². The van der Waals surface area contributed by atoms with Crippen molar-refractivity contribution in [3.05, 3.63) is 88.6 Å². The molecule has 5 atom stereocenters. The summed E-state index contributed by atoms with van der Waals surface area (Å²) < 4.78 is 11.1. The van der Waals surface area contributed by atoms with Gasteiger partial charge in [0.2, 0.25) is 11.7 Å². The number of aromatic nitrogens is 1. The highest BCUT2D eigenvalue weighted by Gasteiger charge is 2.53. The first-order valence-electron chi connectivity index (χ1n) is 10.3. The predicted molar refractivity (Wildman–Crippen MR) is 119 cm³/mol. The monoisotopic (exact) mass is 473 g/mol. The van der Waals surface area contributed by atoms with Gasteiger partial charge in [0.1, 0.15) is 30.2 Å². The molecule has 0 amide bonds. The van der Waals surface area contributed by atoms with Crippen molar-refractivity contribution < 1.29 is 35.0 Å². The minimum atomic E-state index is -2.34. The molecule has 0 spiro atoms. The molecule has 3 aromatic rings. The number of halogens is 1. The summed E-state index contributed by atoms with van der Waals surface area (Å²) in [5.41, 5.74) is 1.68. The van der Waals surface area contributed by atoms with Crippen LogP contribution >= 0.6 is 11.6 Å². The number of hydrogen-bond donors (Lipinski definition) is 5. The van der Waals surface area contributed by atoms with Crippen molar-refractivity contribution in [1.82, 2.24) is 4.98 Å². The van der Waals surface area contributed by atoms with Crippen LogP contribution in [-0.4, -0.2) is 61.5 Å². The predicted octanol–water partition coefficient (Wildman–Crippen LogP) is 1.74. The van der Waals surface area contributed by atoms with E-state index in [2.05, 4.69) is 4.98 Å². The van der Waals surface area contributed by atoms with Crippen LogP contribution in [0.5, 0.6) is 11.6 Å². The lowest BCUT2D eigenvalue weighted by Gasteiger charge is -2.45. The summed E-state index contributed by atoms with van der Waals surface area (Å²) in [5.74, 6) is -1.24. The fourth-order valence-electron chi connectivity index (χ4n) is 3.75. The van der Waals surface area contributed by atoms with Crippen LogP contribution < -0.4 is 4.74 Å². The van der Waals surface area contributed by atoms with Gasteiger partial charge in [-0.1, -0.05) is 35.9 Å². The maximum atomic E-state index is 11.0. The molecule has 0 saturated carbocycles. The Balaban J connectivity index is 1.55. The molecule has 0 aliphatic carbocycles. The lowest BCUT2D eigenvalue weighted by Crippen LogP contribution is -2.63. The normalized spacial score (nSPS) is 27.3. The molecule has 5 N–H and O–H groups in total. The van der Waals surface area contributed by atoms with E-state index < -0.39 is 36.8 Å².